The van der Waals surface area contributed by atoms with Gasteiger partial charge in [0, 0.05) is 48.0 Å². The molecular weight excluding hydrogens is 719 g/mol. The van der Waals surface area contributed by atoms with Crippen LogP contribution in [0, 0.1) is 0 Å². The largest absolute Gasteiger partial charge is 0.417 e. The van der Waals surface area contributed by atoms with E-state index >= 15 is 0 Å². The quantitative estimate of drug-likeness (QED) is 0.125. The Labute approximate surface area is 256 Å². The second-order valence-corrected chi connectivity index (χ2v) is 11.3. The van der Waals surface area contributed by atoms with Crippen molar-refractivity contribution >= 4 is 45.7 Å². The van der Waals surface area contributed by atoms with Gasteiger partial charge >= 0.3 is 10.1 Å². The van der Waals surface area contributed by atoms with Crippen molar-refractivity contribution < 1.29 is 35.9 Å². The van der Waals surface area contributed by atoms with Crippen molar-refractivity contribution in [1.82, 2.24) is 45.8 Å². The monoisotopic (exact) mass is 739 g/mol. The molecule has 0 spiro atoms. The molecule has 0 saturated carbocycles. The van der Waals surface area contributed by atoms with Crippen molar-refractivity contribution in [2.45, 2.75) is 48.8 Å². The molecule has 43 heavy (non-hydrogen) atoms. The van der Waals surface area contributed by atoms with Crippen LogP contribution in [-0.2, 0) is 36.2 Å². The van der Waals surface area contributed by atoms with Crippen LogP contribution in [0.25, 0.3) is 0 Å². The third kappa shape index (κ3) is 9.37. The van der Waals surface area contributed by atoms with Gasteiger partial charge in [0.15, 0.2) is 5.69 Å². The van der Waals surface area contributed by atoms with Crippen LogP contribution in [0.2, 0.25) is 0 Å². The summed E-state index contributed by atoms with van der Waals surface area (Å²) < 4.78 is 77.9. The molecule has 0 saturated heterocycles. The molecule has 0 radical (unpaired) electrons. The van der Waals surface area contributed by atoms with Crippen LogP contribution in [0.5, 0.6) is 0 Å². The van der Waals surface area contributed by atoms with E-state index in [1.165, 1.54) is 30.6 Å². The van der Waals surface area contributed by atoms with E-state index in [9.17, 15) is 35.9 Å². The van der Waals surface area contributed by atoms with Gasteiger partial charge in [-0.2, -0.15) is 22.0 Å². The van der Waals surface area contributed by atoms with E-state index < -0.39 is 39.3 Å². The molecule has 4 rings (SSSR count). The minimum Gasteiger partial charge on any atom is -0.346 e. The summed E-state index contributed by atoms with van der Waals surface area (Å²) in [6.07, 6.45) is -2.81. The van der Waals surface area contributed by atoms with Crippen LogP contribution in [0.15, 0.2) is 42.9 Å². The molecule has 2 N–H and O–H groups in total. The van der Waals surface area contributed by atoms with Crippen molar-refractivity contribution in [2.24, 2.45) is 0 Å². The molecule has 0 aliphatic heterocycles. The Kier molecular flexibility index (Phi) is 10.2. The summed E-state index contributed by atoms with van der Waals surface area (Å²) in [5.41, 5.74) is -1.18. The summed E-state index contributed by atoms with van der Waals surface area (Å²) >= 11 is 1.91. The Morgan fingerprint density at radius 3 is 2.53 bits per heavy atom. The van der Waals surface area contributed by atoms with Crippen LogP contribution in [0.1, 0.15) is 54.2 Å². The summed E-state index contributed by atoms with van der Waals surface area (Å²) in [7, 11) is 0. The standard InChI is InChI=1S/C24H20F6IN9O2S/c25-15(11-40-12-17(36-39-40)20(41)33-8-13-6-14(9-32-7-13)23(26,27)28)4-5-19-37-38-22(43-19)21(42)34-10-16-2-1-3-18(35-16)24(29,30)31/h1-3,6-7,9,12,15H,4-5,8,10-11H2,(H,33,41)(H,34,42). The zero-order chi connectivity index (χ0) is 31.2. The Morgan fingerprint density at radius 2 is 1.79 bits per heavy atom. The lowest BCUT2D eigenvalue weighted by atomic mass is 10.2. The van der Waals surface area contributed by atoms with Crippen molar-refractivity contribution in [3.8, 4) is 0 Å². The minimum absolute atomic E-state index is 0.00799. The number of carbonyl (C=O) groups excluding carboxylic acids is 2. The smallest absolute Gasteiger partial charge is 0.346 e. The van der Waals surface area contributed by atoms with Gasteiger partial charge < -0.3 is 10.6 Å². The highest BCUT2D eigenvalue weighted by Gasteiger charge is 2.31. The molecule has 11 nitrogen and oxygen atoms in total. The Hall–Kier alpha value is -3.75. The number of hydrogen-bond acceptors (Lipinski definition) is 9. The lowest BCUT2D eigenvalue weighted by Gasteiger charge is -2.09. The van der Waals surface area contributed by atoms with E-state index in [0.717, 1.165) is 44.7 Å². The first-order chi connectivity index (χ1) is 20.3. The maximum Gasteiger partial charge on any atom is 0.417 e. The fourth-order valence-electron chi connectivity index (χ4n) is 3.51. The van der Waals surface area contributed by atoms with Crippen molar-refractivity contribution in [3.05, 3.63) is 81.1 Å². The summed E-state index contributed by atoms with van der Waals surface area (Å²) in [5, 5.41) is 20.4. The minimum atomic E-state index is -4.57. The van der Waals surface area contributed by atoms with E-state index in [-0.39, 0.29) is 54.4 Å². The molecule has 2 amide bonds. The van der Waals surface area contributed by atoms with E-state index in [1.807, 2.05) is 0 Å². The summed E-state index contributed by atoms with van der Waals surface area (Å²) in [6.45, 7) is -0.592. The van der Waals surface area contributed by atoms with Gasteiger partial charge in [-0.3, -0.25) is 14.6 Å². The average Bonchev–Trinajstić information content (AvgIpc) is 3.63. The zero-order valence-corrected chi connectivity index (χ0v) is 24.6. The van der Waals surface area contributed by atoms with E-state index in [1.54, 1.807) is 0 Å². The number of hydrogen-bond donors (Lipinski definition) is 2. The third-order valence-electron chi connectivity index (χ3n) is 5.59. The van der Waals surface area contributed by atoms with Gasteiger partial charge in [0.25, 0.3) is 11.8 Å². The van der Waals surface area contributed by atoms with Gasteiger partial charge in [-0.25, -0.2) is 14.1 Å². The van der Waals surface area contributed by atoms with Gasteiger partial charge in [-0.1, -0.05) is 22.6 Å². The molecule has 1 unspecified atom stereocenters. The molecule has 1 atom stereocenters. The Morgan fingerprint density at radius 1 is 1.02 bits per heavy atom. The second-order valence-electron chi connectivity index (χ2n) is 8.92. The number of aryl methyl sites for hydroxylation is 1. The highest BCUT2D eigenvalue weighted by atomic mass is 127. The predicted molar refractivity (Wildman–Crippen MR) is 147 cm³/mol. The van der Waals surface area contributed by atoms with Crippen molar-refractivity contribution in [3.63, 3.8) is 0 Å². The van der Waals surface area contributed by atoms with Crippen LogP contribution in [-0.4, -0.2) is 53.1 Å². The number of pyridine rings is 2. The first-order valence-corrected chi connectivity index (χ1v) is 14.1. The fourth-order valence-corrected chi connectivity index (χ4v) is 4.58. The van der Waals surface area contributed by atoms with E-state index in [0.29, 0.717) is 11.2 Å². The molecule has 0 aromatic carbocycles. The van der Waals surface area contributed by atoms with Crippen molar-refractivity contribution in [2.75, 3.05) is 0 Å². The van der Waals surface area contributed by atoms with Gasteiger partial charge in [0.1, 0.15) is 16.9 Å². The molecule has 0 bridgehead atoms. The number of halogens is 7. The van der Waals surface area contributed by atoms with Crippen LogP contribution < -0.4 is 10.6 Å². The first-order valence-electron chi connectivity index (χ1n) is 12.2. The lowest BCUT2D eigenvalue weighted by molar-refractivity contribution is -0.137. The topological polar surface area (TPSA) is 140 Å². The van der Waals surface area contributed by atoms with Gasteiger partial charge in [0.05, 0.1) is 30.5 Å². The van der Waals surface area contributed by atoms with E-state index in [2.05, 4.69) is 41.1 Å². The highest BCUT2D eigenvalue weighted by molar-refractivity contribution is 14.1. The molecule has 4 aromatic rings. The number of alkyl halides is 7. The normalized spacial score (nSPS) is 12.6. The first kappa shape index (κ1) is 32.2. The van der Waals surface area contributed by atoms with Crippen LogP contribution in [0.4, 0.5) is 26.3 Å². The maximum atomic E-state index is 14.6. The predicted octanol–water partition coefficient (Wildman–Crippen LogP) is 4.25. The average molecular weight is 739 g/mol. The number of amides is 2. The zero-order valence-electron chi connectivity index (χ0n) is 21.7. The van der Waals surface area contributed by atoms with Gasteiger partial charge in [0.2, 0.25) is 5.01 Å². The summed E-state index contributed by atoms with van der Waals surface area (Å²) in [4.78, 5) is 32.0. The Bertz CT molecular complexity index is 1580. The van der Waals surface area contributed by atoms with Gasteiger partial charge in [-0.15, -0.1) is 15.3 Å². The number of nitrogens with zero attached hydrogens (tertiary/aromatic N) is 7. The van der Waals surface area contributed by atoms with E-state index in [4.69, 9.17) is 0 Å². The summed E-state index contributed by atoms with van der Waals surface area (Å²) in [5.74, 6) is -1.31. The second kappa shape index (κ2) is 13.7. The lowest BCUT2D eigenvalue weighted by Crippen LogP contribution is -2.23. The van der Waals surface area contributed by atoms with Crippen molar-refractivity contribution in [1.29, 1.82) is 0 Å². The molecule has 19 heteroatoms. The number of carbonyl (C=O) groups is 2. The summed E-state index contributed by atoms with van der Waals surface area (Å²) in [6, 6.07) is 4.94. The molecule has 228 valence electrons. The molecule has 4 heterocycles. The van der Waals surface area contributed by atoms with Crippen LogP contribution in [0.3, 0.4) is 0 Å². The molecular formula is C24H20F6IN9O2S. The molecule has 0 aliphatic carbocycles. The third-order valence-corrected chi connectivity index (χ3v) is 7.13. The van der Waals surface area contributed by atoms with Crippen LogP contribution >= 0.6 is 33.9 Å². The molecule has 0 fully saturated rings. The SMILES string of the molecule is O=C(NCc1cncc(C(F)(F)F)c1)c1cn(CC(F)CCc2nnc(C(=O)NCc3cccc(C(F)(F)I)n3)s2)nn1. The van der Waals surface area contributed by atoms with Gasteiger partial charge in [-0.05, 0) is 30.2 Å². The number of nitrogens with one attached hydrogen (secondary N) is 2. The number of aromatic nitrogens is 7. The molecule has 4 aromatic heterocycles. The highest BCUT2D eigenvalue weighted by Crippen LogP contribution is 2.33. The maximum absolute atomic E-state index is 14.6. The molecule has 0 aliphatic rings. The Balaban J connectivity index is 1.21. The fraction of sp³-hybridized carbons (Fsp3) is 0.333. The number of rotatable bonds is 12.